The summed E-state index contributed by atoms with van der Waals surface area (Å²) in [5.41, 5.74) is 3.74. The summed E-state index contributed by atoms with van der Waals surface area (Å²) in [4.78, 5) is 5.01. The van der Waals surface area contributed by atoms with Gasteiger partial charge in [0.25, 0.3) is 0 Å². The fourth-order valence-electron chi connectivity index (χ4n) is 2.40. The van der Waals surface area contributed by atoms with Gasteiger partial charge >= 0.3 is 0 Å². The number of aryl methyl sites for hydroxylation is 1. The Bertz CT molecular complexity index is 964. The highest BCUT2D eigenvalue weighted by Crippen LogP contribution is 2.33. The Balaban J connectivity index is 2.20. The van der Waals surface area contributed by atoms with Crippen molar-refractivity contribution < 1.29 is 8.42 Å². The first-order chi connectivity index (χ1) is 10.4. The summed E-state index contributed by atoms with van der Waals surface area (Å²) in [5.74, 6) is 0. The molecule has 0 aliphatic heterocycles. The second-order valence-electron chi connectivity index (χ2n) is 5.21. The zero-order valence-electron chi connectivity index (χ0n) is 12.2. The van der Waals surface area contributed by atoms with Crippen LogP contribution in [0.15, 0.2) is 57.9 Å². The number of pyridine rings is 1. The van der Waals surface area contributed by atoms with Crippen LogP contribution in [0.5, 0.6) is 0 Å². The maximum Gasteiger partial charge on any atom is 0.175 e. The molecule has 112 valence electrons. The number of fused-ring (bicyclic) bond motifs is 1. The highest BCUT2D eigenvalue weighted by molar-refractivity contribution is 9.10. The van der Waals surface area contributed by atoms with Gasteiger partial charge in [0.15, 0.2) is 9.84 Å². The van der Waals surface area contributed by atoms with E-state index in [1.165, 1.54) is 6.26 Å². The van der Waals surface area contributed by atoms with Crippen LogP contribution in [0, 0.1) is 6.92 Å². The first-order valence-electron chi connectivity index (χ1n) is 6.73. The van der Waals surface area contributed by atoms with Crippen molar-refractivity contribution in [1.82, 2.24) is 4.98 Å². The van der Waals surface area contributed by atoms with Gasteiger partial charge in [-0.3, -0.25) is 0 Å². The van der Waals surface area contributed by atoms with Crippen molar-refractivity contribution in [1.29, 1.82) is 0 Å². The van der Waals surface area contributed by atoms with Gasteiger partial charge < -0.3 is 0 Å². The standard InChI is InChI=1S/C17H14BrNO2S/c1-11-14-5-3-4-6-15(14)19-17(16(11)18)12-7-9-13(10-8-12)22(2,20)21/h3-10H,1-2H3. The van der Waals surface area contributed by atoms with Gasteiger partial charge in [-0.1, -0.05) is 30.3 Å². The summed E-state index contributed by atoms with van der Waals surface area (Å²) in [6, 6.07) is 14.8. The number of benzene rings is 2. The van der Waals surface area contributed by atoms with Crippen molar-refractivity contribution in [2.24, 2.45) is 0 Å². The Kier molecular flexibility index (Phi) is 3.78. The number of hydrogen-bond donors (Lipinski definition) is 0. The van der Waals surface area contributed by atoms with Crippen LogP contribution < -0.4 is 0 Å². The Morgan fingerprint density at radius 1 is 1.00 bits per heavy atom. The number of sulfone groups is 1. The van der Waals surface area contributed by atoms with Crippen LogP contribution in [0.4, 0.5) is 0 Å². The molecule has 0 unspecified atom stereocenters. The Hall–Kier alpha value is -1.72. The predicted octanol–water partition coefficient (Wildman–Crippen LogP) is 4.38. The van der Waals surface area contributed by atoms with E-state index in [0.29, 0.717) is 4.90 Å². The van der Waals surface area contributed by atoms with Crippen molar-refractivity contribution in [3.63, 3.8) is 0 Å². The average Bonchev–Trinajstić information content (AvgIpc) is 2.50. The molecule has 0 fully saturated rings. The van der Waals surface area contributed by atoms with Gasteiger partial charge in [0, 0.05) is 21.7 Å². The van der Waals surface area contributed by atoms with Crippen molar-refractivity contribution >= 4 is 36.7 Å². The molecule has 1 heterocycles. The van der Waals surface area contributed by atoms with Gasteiger partial charge in [-0.05, 0) is 46.6 Å². The third-order valence-corrected chi connectivity index (χ3v) is 5.73. The molecule has 0 N–H and O–H groups in total. The molecule has 3 aromatic rings. The van der Waals surface area contributed by atoms with Crippen LogP contribution in [0.25, 0.3) is 22.2 Å². The van der Waals surface area contributed by atoms with Crippen LogP contribution >= 0.6 is 15.9 Å². The third-order valence-electron chi connectivity index (χ3n) is 3.63. The molecule has 0 atom stereocenters. The van der Waals surface area contributed by atoms with E-state index in [0.717, 1.165) is 32.2 Å². The summed E-state index contributed by atoms with van der Waals surface area (Å²) in [6.07, 6.45) is 1.20. The molecular formula is C17H14BrNO2S. The summed E-state index contributed by atoms with van der Waals surface area (Å²) in [7, 11) is -3.19. The first-order valence-corrected chi connectivity index (χ1v) is 9.42. The van der Waals surface area contributed by atoms with E-state index in [2.05, 4.69) is 15.9 Å². The maximum atomic E-state index is 11.6. The van der Waals surface area contributed by atoms with Crippen molar-refractivity contribution in [2.75, 3.05) is 6.26 Å². The van der Waals surface area contributed by atoms with Crippen molar-refractivity contribution in [2.45, 2.75) is 11.8 Å². The van der Waals surface area contributed by atoms with Crippen LogP contribution in [-0.4, -0.2) is 19.7 Å². The van der Waals surface area contributed by atoms with Gasteiger partial charge in [-0.25, -0.2) is 13.4 Å². The lowest BCUT2D eigenvalue weighted by molar-refractivity contribution is 0.602. The van der Waals surface area contributed by atoms with Crippen LogP contribution in [0.1, 0.15) is 5.56 Å². The lowest BCUT2D eigenvalue weighted by Gasteiger charge is -2.11. The molecule has 2 aromatic carbocycles. The number of aromatic nitrogens is 1. The summed E-state index contributed by atoms with van der Waals surface area (Å²) in [6.45, 7) is 2.04. The predicted molar refractivity (Wildman–Crippen MR) is 92.7 cm³/mol. The Morgan fingerprint density at radius 2 is 1.64 bits per heavy atom. The Morgan fingerprint density at radius 3 is 2.27 bits per heavy atom. The lowest BCUT2D eigenvalue weighted by atomic mass is 10.1. The first kappa shape index (κ1) is 15.2. The molecule has 1 aromatic heterocycles. The maximum absolute atomic E-state index is 11.6. The van der Waals surface area contributed by atoms with E-state index in [-0.39, 0.29) is 0 Å². The minimum absolute atomic E-state index is 0.310. The van der Waals surface area contributed by atoms with Crippen LogP contribution in [-0.2, 0) is 9.84 Å². The molecular weight excluding hydrogens is 362 g/mol. The van der Waals surface area contributed by atoms with E-state index in [9.17, 15) is 8.42 Å². The second-order valence-corrected chi connectivity index (χ2v) is 8.02. The van der Waals surface area contributed by atoms with Gasteiger partial charge in [-0.2, -0.15) is 0 Å². The number of para-hydroxylation sites is 1. The minimum atomic E-state index is -3.19. The van der Waals surface area contributed by atoms with E-state index in [1.807, 2.05) is 31.2 Å². The molecule has 0 amide bonds. The fourth-order valence-corrected chi connectivity index (χ4v) is 3.57. The summed E-state index contributed by atoms with van der Waals surface area (Å²) >= 11 is 3.62. The third kappa shape index (κ3) is 2.66. The Labute approximate surface area is 138 Å². The SMILES string of the molecule is Cc1c(Br)c(-c2ccc(S(C)(=O)=O)cc2)nc2ccccc12. The summed E-state index contributed by atoms with van der Waals surface area (Å²) < 4.78 is 24.0. The van der Waals surface area contributed by atoms with Gasteiger partial charge in [-0.15, -0.1) is 0 Å². The number of halogens is 1. The van der Waals surface area contributed by atoms with Gasteiger partial charge in [0.05, 0.1) is 16.1 Å². The van der Waals surface area contributed by atoms with Crippen molar-refractivity contribution in [3.05, 3.63) is 58.6 Å². The van der Waals surface area contributed by atoms with E-state index in [1.54, 1.807) is 24.3 Å². The minimum Gasteiger partial charge on any atom is -0.247 e. The zero-order valence-corrected chi connectivity index (χ0v) is 14.6. The lowest BCUT2D eigenvalue weighted by Crippen LogP contribution is -1.97. The molecule has 0 saturated heterocycles. The van der Waals surface area contributed by atoms with Gasteiger partial charge in [0.2, 0.25) is 0 Å². The number of hydrogen-bond acceptors (Lipinski definition) is 3. The van der Waals surface area contributed by atoms with Crippen LogP contribution in [0.3, 0.4) is 0 Å². The van der Waals surface area contributed by atoms with Crippen molar-refractivity contribution in [3.8, 4) is 11.3 Å². The molecule has 0 saturated carbocycles. The molecule has 0 spiro atoms. The molecule has 0 aliphatic carbocycles. The zero-order chi connectivity index (χ0) is 15.9. The van der Waals surface area contributed by atoms with E-state index >= 15 is 0 Å². The highest BCUT2D eigenvalue weighted by atomic mass is 79.9. The highest BCUT2D eigenvalue weighted by Gasteiger charge is 2.13. The molecule has 3 nitrogen and oxygen atoms in total. The smallest absolute Gasteiger partial charge is 0.175 e. The average molecular weight is 376 g/mol. The fraction of sp³-hybridized carbons (Fsp3) is 0.118. The topological polar surface area (TPSA) is 47.0 Å². The second kappa shape index (κ2) is 5.48. The molecule has 5 heteroatoms. The largest absolute Gasteiger partial charge is 0.247 e. The molecule has 0 aliphatic rings. The van der Waals surface area contributed by atoms with E-state index in [4.69, 9.17) is 4.98 Å². The normalized spacial score (nSPS) is 11.8. The molecule has 22 heavy (non-hydrogen) atoms. The van der Waals surface area contributed by atoms with Gasteiger partial charge in [0.1, 0.15) is 0 Å². The van der Waals surface area contributed by atoms with Crippen LogP contribution in [0.2, 0.25) is 0 Å². The van der Waals surface area contributed by atoms with E-state index < -0.39 is 9.84 Å². The monoisotopic (exact) mass is 375 g/mol. The molecule has 0 radical (unpaired) electrons. The summed E-state index contributed by atoms with van der Waals surface area (Å²) in [5, 5.41) is 1.10. The molecule has 3 rings (SSSR count). The molecule has 0 bridgehead atoms. The number of rotatable bonds is 2. The quantitative estimate of drug-likeness (QED) is 0.667. The number of nitrogens with zero attached hydrogens (tertiary/aromatic N) is 1.